The van der Waals surface area contributed by atoms with Crippen LogP contribution in [0.25, 0.3) is 12.2 Å². The Labute approximate surface area is 183 Å². The van der Waals surface area contributed by atoms with Crippen molar-refractivity contribution in [2.45, 2.75) is 25.5 Å². The van der Waals surface area contributed by atoms with Gasteiger partial charge in [-0.2, -0.15) is 16.8 Å². The molecule has 2 rings (SSSR count). The summed E-state index contributed by atoms with van der Waals surface area (Å²) in [5, 5.41) is -0.625. The monoisotopic (exact) mass is 464 g/mol. The molecule has 7 nitrogen and oxygen atoms in total. The fourth-order valence-electron chi connectivity index (χ4n) is 2.35. The van der Waals surface area contributed by atoms with Gasteiger partial charge in [-0.3, -0.25) is 4.79 Å². The van der Waals surface area contributed by atoms with E-state index in [0.29, 0.717) is 17.5 Å². The third-order valence-corrected chi connectivity index (χ3v) is 6.36. The zero-order valence-electron chi connectivity index (χ0n) is 17.4. The van der Waals surface area contributed by atoms with E-state index >= 15 is 0 Å². The van der Waals surface area contributed by atoms with Gasteiger partial charge >= 0.3 is 20.2 Å². The third-order valence-electron chi connectivity index (χ3n) is 4.12. The number of hydrogen-bond donors (Lipinski definition) is 0. The van der Waals surface area contributed by atoms with Crippen molar-refractivity contribution in [2.75, 3.05) is 6.26 Å². The predicted molar refractivity (Wildman–Crippen MR) is 121 cm³/mol. The molecule has 0 aliphatic rings. The van der Waals surface area contributed by atoms with Crippen LogP contribution in [0.5, 0.6) is 11.5 Å². The maximum atomic E-state index is 12.1. The Morgan fingerprint density at radius 1 is 0.903 bits per heavy atom. The highest BCUT2D eigenvalue weighted by Gasteiger charge is 2.21. The summed E-state index contributed by atoms with van der Waals surface area (Å²) in [4.78, 5) is 12.1. The molecule has 0 amide bonds. The second kappa shape index (κ2) is 10.4. The number of allylic oxidation sites excluding steroid dienone is 2. The van der Waals surface area contributed by atoms with Gasteiger partial charge in [0.2, 0.25) is 0 Å². The summed E-state index contributed by atoms with van der Waals surface area (Å²) >= 11 is 0. The van der Waals surface area contributed by atoms with Crippen molar-refractivity contribution in [3.63, 3.8) is 0 Å². The van der Waals surface area contributed by atoms with E-state index < -0.39 is 25.5 Å². The van der Waals surface area contributed by atoms with Crippen molar-refractivity contribution in [3.05, 3.63) is 71.8 Å². The molecule has 0 aliphatic carbocycles. The van der Waals surface area contributed by atoms with Crippen LogP contribution in [0, 0.1) is 0 Å². The number of carbonyl (C=O) groups excluding carboxylic acids is 1. The van der Waals surface area contributed by atoms with E-state index in [1.54, 1.807) is 44.2 Å². The van der Waals surface area contributed by atoms with Gasteiger partial charge < -0.3 is 8.37 Å². The number of rotatable bonds is 10. The lowest BCUT2D eigenvalue weighted by molar-refractivity contribution is -0.110. The van der Waals surface area contributed by atoms with Crippen LogP contribution in [0.1, 0.15) is 31.4 Å². The summed E-state index contributed by atoms with van der Waals surface area (Å²) < 4.78 is 56.5. The maximum Gasteiger partial charge on any atom is 0.311 e. The molecule has 0 spiro atoms. The molecular formula is C22H24O7S2. The summed E-state index contributed by atoms with van der Waals surface area (Å²) in [7, 11) is -7.35. The van der Waals surface area contributed by atoms with Crippen molar-refractivity contribution >= 4 is 38.2 Å². The SMILES string of the molecule is CCC(C)S(=O)(=O)Oc1cccc(/C=C/C(=O)/C=C/c2cccc(OS(C)(=O)=O)c2)c1. The Morgan fingerprint density at radius 3 is 1.84 bits per heavy atom. The molecule has 0 saturated carbocycles. The quantitative estimate of drug-likeness (QED) is 0.389. The first-order chi connectivity index (χ1) is 14.5. The van der Waals surface area contributed by atoms with Crippen LogP contribution in [0.4, 0.5) is 0 Å². The zero-order valence-corrected chi connectivity index (χ0v) is 19.0. The lowest BCUT2D eigenvalue weighted by Crippen LogP contribution is -2.22. The molecule has 9 heteroatoms. The van der Waals surface area contributed by atoms with Gasteiger partial charge in [-0.25, -0.2) is 0 Å². The maximum absolute atomic E-state index is 12.1. The second-order valence-corrected chi connectivity index (χ2v) is 10.3. The fraction of sp³-hybridized carbons (Fsp3) is 0.227. The first-order valence-electron chi connectivity index (χ1n) is 9.41. The van der Waals surface area contributed by atoms with Crippen molar-refractivity contribution in [1.82, 2.24) is 0 Å². The van der Waals surface area contributed by atoms with Gasteiger partial charge in [-0.05, 0) is 60.9 Å². The fourth-order valence-corrected chi connectivity index (χ4v) is 3.75. The molecule has 0 heterocycles. The normalized spacial score (nSPS) is 13.4. The molecule has 0 radical (unpaired) electrons. The Hall–Kier alpha value is -2.91. The van der Waals surface area contributed by atoms with Gasteiger partial charge in [0, 0.05) is 0 Å². The molecule has 1 atom stereocenters. The third kappa shape index (κ3) is 8.39. The van der Waals surface area contributed by atoms with E-state index in [9.17, 15) is 21.6 Å². The van der Waals surface area contributed by atoms with Crippen LogP contribution >= 0.6 is 0 Å². The lowest BCUT2D eigenvalue weighted by atomic mass is 10.1. The number of benzene rings is 2. The van der Waals surface area contributed by atoms with Crippen molar-refractivity contribution < 1.29 is 30.0 Å². The zero-order chi connectivity index (χ0) is 23.1. The van der Waals surface area contributed by atoms with Gasteiger partial charge in [-0.15, -0.1) is 0 Å². The second-order valence-electron chi connectivity index (χ2n) is 6.80. The van der Waals surface area contributed by atoms with Crippen LogP contribution in [-0.4, -0.2) is 34.1 Å². The van der Waals surface area contributed by atoms with Crippen LogP contribution in [0.15, 0.2) is 60.7 Å². The molecule has 166 valence electrons. The largest absolute Gasteiger partial charge is 0.383 e. The molecule has 0 aliphatic heterocycles. The van der Waals surface area contributed by atoms with Crippen molar-refractivity contribution in [1.29, 1.82) is 0 Å². The first kappa shape index (κ1) is 24.4. The lowest BCUT2D eigenvalue weighted by Gasteiger charge is -2.11. The summed E-state index contributed by atoms with van der Waals surface area (Å²) in [6, 6.07) is 12.7. The standard InChI is InChI=1S/C22H24O7S2/c1-4-17(2)31(26,27)29-22-10-6-8-19(16-22)12-14-20(23)13-11-18-7-5-9-21(15-18)28-30(3,24)25/h5-17H,4H2,1-3H3/b13-11+,14-12+. The molecule has 0 fully saturated rings. The minimum absolute atomic E-state index is 0.150. The van der Waals surface area contributed by atoms with Crippen LogP contribution in [0.3, 0.4) is 0 Å². The molecule has 1 unspecified atom stereocenters. The summed E-state index contributed by atoms with van der Waals surface area (Å²) in [6.07, 6.45) is 7.10. The molecule has 0 N–H and O–H groups in total. The highest BCUT2D eigenvalue weighted by molar-refractivity contribution is 7.87. The van der Waals surface area contributed by atoms with Gasteiger partial charge in [0.1, 0.15) is 11.5 Å². The predicted octanol–water partition coefficient (Wildman–Crippen LogP) is 3.83. The first-order valence-corrected chi connectivity index (χ1v) is 12.7. The summed E-state index contributed by atoms with van der Waals surface area (Å²) in [6.45, 7) is 3.34. The van der Waals surface area contributed by atoms with E-state index in [4.69, 9.17) is 8.37 Å². The van der Waals surface area contributed by atoms with Crippen molar-refractivity contribution in [2.24, 2.45) is 0 Å². The van der Waals surface area contributed by atoms with E-state index in [1.807, 2.05) is 0 Å². The van der Waals surface area contributed by atoms with E-state index in [1.165, 1.54) is 42.5 Å². The minimum atomic E-state index is -3.72. The molecular weight excluding hydrogens is 440 g/mol. The molecule has 0 bridgehead atoms. The van der Waals surface area contributed by atoms with Gasteiger partial charge in [-0.1, -0.05) is 43.3 Å². The topological polar surface area (TPSA) is 104 Å². The van der Waals surface area contributed by atoms with E-state index in [-0.39, 0.29) is 17.3 Å². The minimum Gasteiger partial charge on any atom is -0.383 e. The molecule has 0 aromatic heterocycles. The van der Waals surface area contributed by atoms with Crippen LogP contribution in [-0.2, 0) is 25.0 Å². The van der Waals surface area contributed by atoms with E-state index in [2.05, 4.69) is 0 Å². The van der Waals surface area contributed by atoms with Crippen molar-refractivity contribution in [3.8, 4) is 11.5 Å². The van der Waals surface area contributed by atoms with Gasteiger partial charge in [0.05, 0.1) is 11.5 Å². The smallest absolute Gasteiger partial charge is 0.311 e. The summed E-state index contributed by atoms with van der Waals surface area (Å²) in [5.74, 6) is 0.0120. The molecule has 31 heavy (non-hydrogen) atoms. The van der Waals surface area contributed by atoms with Gasteiger partial charge in [0.15, 0.2) is 5.78 Å². The Kier molecular flexibility index (Phi) is 8.18. The molecule has 0 saturated heterocycles. The van der Waals surface area contributed by atoms with Gasteiger partial charge in [0.25, 0.3) is 0 Å². The van der Waals surface area contributed by atoms with E-state index in [0.717, 1.165) is 6.26 Å². The van der Waals surface area contributed by atoms with Crippen LogP contribution < -0.4 is 8.37 Å². The Bertz CT molecular complexity index is 1190. The Balaban J connectivity index is 2.06. The molecule has 2 aromatic rings. The number of hydrogen-bond acceptors (Lipinski definition) is 7. The molecule has 2 aromatic carbocycles. The van der Waals surface area contributed by atoms with Crippen LogP contribution in [0.2, 0.25) is 0 Å². The number of ketones is 1. The highest BCUT2D eigenvalue weighted by atomic mass is 32.2. The Morgan fingerprint density at radius 2 is 1.39 bits per heavy atom. The summed E-state index contributed by atoms with van der Waals surface area (Å²) in [5.41, 5.74) is 1.19. The number of carbonyl (C=O) groups is 1. The highest BCUT2D eigenvalue weighted by Crippen LogP contribution is 2.19. The average Bonchev–Trinajstić information content (AvgIpc) is 2.69. The average molecular weight is 465 g/mol.